The van der Waals surface area contributed by atoms with Gasteiger partial charge in [0.2, 0.25) is 0 Å². The first-order chi connectivity index (χ1) is 10.1. The third kappa shape index (κ3) is 3.63. The molecule has 0 aliphatic carbocycles. The van der Waals surface area contributed by atoms with Crippen molar-refractivity contribution in [2.45, 2.75) is 19.9 Å². The molecule has 0 aromatic heterocycles. The van der Waals surface area contributed by atoms with Crippen molar-refractivity contribution in [2.75, 3.05) is 13.7 Å². The van der Waals surface area contributed by atoms with E-state index in [9.17, 15) is 4.39 Å². The van der Waals surface area contributed by atoms with E-state index in [2.05, 4.69) is 21.2 Å². The van der Waals surface area contributed by atoms with Crippen LogP contribution in [-0.4, -0.2) is 13.7 Å². The maximum absolute atomic E-state index is 14.1. The normalized spacial score (nSPS) is 12.2. The first-order valence-corrected chi connectivity index (χ1v) is 7.71. The largest absolute Gasteiger partial charge is 0.493 e. The smallest absolute Gasteiger partial charge is 0.133 e. The second kappa shape index (κ2) is 7.05. The minimum Gasteiger partial charge on any atom is -0.493 e. The molecule has 0 amide bonds. The number of halogens is 2. The highest BCUT2D eigenvalue weighted by molar-refractivity contribution is 9.10. The third-order valence-corrected chi connectivity index (χ3v) is 3.96. The summed E-state index contributed by atoms with van der Waals surface area (Å²) in [6, 6.07) is 10.8. The number of rotatable bonds is 5. The molecule has 2 aromatic rings. The zero-order valence-electron chi connectivity index (χ0n) is 12.4. The summed E-state index contributed by atoms with van der Waals surface area (Å²) in [7, 11) is 1.83. The Kier molecular flexibility index (Phi) is 5.37. The quantitative estimate of drug-likeness (QED) is 0.849. The van der Waals surface area contributed by atoms with E-state index in [1.54, 1.807) is 6.07 Å². The Bertz CT molecular complexity index is 630. The minimum atomic E-state index is -0.204. The molecule has 1 atom stereocenters. The van der Waals surface area contributed by atoms with Crippen molar-refractivity contribution < 1.29 is 9.13 Å². The van der Waals surface area contributed by atoms with E-state index in [4.69, 9.17) is 4.74 Å². The SMILES string of the molecule is CCOc1ccc(C(NC)c2cc(C)ccc2F)cc1Br. The summed E-state index contributed by atoms with van der Waals surface area (Å²) in [5, 5.41) is 3.18. The third-order valence-electron chi connectivity index (χ3n) is 3.34. The Hall–Kier alpha value is -1.39. The Morgan fingerprint density at radius 2 is 2.00 bits per heavy atom. The second-order valence-electron chi connectivity index (χ2n) is 4.87. The standard InChI is InChI=1S/C17H19BrFNO/c1-4-21-16-8-6-12(10-14(16)18)17(20-3)13-9-11(2)5-7-15(13)19/h5-10,17,20H,4H2,1-3H3. The molecule has 0 heterocycles. The van der Waals surface area contributed by atoms with Crippen molar-refractivity contribution in [1.29, 1.82) is 0 Å². The van der Waals surface area contributed by atoms with E-state index < -0.39 is 0 Å². The van der Waals surface area contributed by atoms with Crippen molar-refractivity contribution in [1.82, 2.24) is 5.32 Å². The first kappa shape index (κ1) is 16.0. The number of aryl methyl sites for hydroxylation is 1. The Morgan fingerprint density at radius 1 is 1.24 bits per heavy atom. The highest BCUT2D eigenvalue weighted by atomic mass is 79.9. The topological polar surface area (TPSA) is 21.3 Å². The van der Waals surface area contributed by atoms with Gasteiger partial charge in [-0.15, -0.1) is 0 Å². The molecule has 0 aliphatic rings. The molecule has 2 aromatic carbocycles. The van der Waals surface area contributed by atoms with Crippen LogP contribution in [0.25, 0.3) is 0 Å². The van der Waals surface area contributed by atoms with Crippen LogP contribution in [0.3, 0.4) is 0 Å². The maximum Gasteiger partial charge on any atom is 0.133 e. The van der Waals surface area contributed by atoms with Crippen molar-refractivity contribution in [3.63, 3.8) is 0 Å². The Morgan fingerprint density at radius 3 is 2.62 bits per heavy atom. The summed E-state index contributed by atoms with van der Waals surface area (Å²) in [6.07, 6.45) is 0. The van der Waals surface area contributed by atoms with Gasteiger partial charge >= 0.3 is 0 Å². The molecule has 0 saturated carbocycles. The van der Waals surface area contributed by atoms with E-state index in [1.807, 2.05) is 45.2 Å². The van der Waals surface area contributed by atoms with E-state index in [-0.39, 0.29) is 11.9 Å². The highest BCUT2D eigenvalue weighted by Gasteiger charge is 2.17. The first-order valence-electron chi connectivity index (χ1n) is 6.92. The molecule has 4 heteroatoms. The van der Waals surface area contributed by atoms with Gasteiger partial charge in [-0.1, -0.05) is 23.8 Å². The molecular weight excluding hydrogens is 333 g/mol. The molecule has 2 rings (SSSR count). The van der Waals surface area contributed by atoms with Gasteiger partial charge in [0, 0.05) is 5.56 Å². The number of hydrogen-bond acceptors (Lipinski definition) is 2. The molecule has 21 heavy (non-hydrogen) atoms. The summed E-state index contributed by atoms with van der Waals surface area (Å²) >= 11 is 3.50. The van der Waals surface area contributed by atoms with Crippen LogP contribution < -0.4 is 10.1 Å². The molecular formula is C17H19BrFNO. The van der Waals surface area contributed by atoms with Crippen LogP contribution in [0.1, 0.15) is 29.7 Å². The van der Waals surface area contributed by atoms with E-state index in [0.717, 1.165) is 21.3 Å². The van der Waals surface area contributed by atoms with Gasteiger partial charge in [-0.25, -0.2) is 4.39 Å². The lowest BCUT2D eigenvalue weighted by atomic mass is 9.97. The van der Waals surface area contributed by atoms with Gasteiger partial charge < -0.3 is 10.1 Å². The molecule has 0 spiro atoms. The van der Waals surface area contributed by atoms with E-state index >= 15 is 0 Å². The molecule has 0 saturated heterocycles. The maximum atomic E-state index is 14.1. The van der Waals surface area contributed by atoms with Crippen LogP contribution in [0.5, 0.6) is 5.75 Å². The van der Waals surface area contributed by atoms with E-state index in [0.29, 0.717) is 12.2 Å². The van der Waals surface area contributed by atoms with Gasteiger partial charge in [-0.05, 0) is 60.6 Å². The zero-order valence-corrected chi connectivity index (χ0v) is 14.0. The fourth-order valence-electron chi connectivity index (χ4n) is 2.36. The lowest BCUT2D eigenvalue weighted by Gasteiger charge is -2.19. The summed E-state index contributed by atoms with van der Waals surface area (Å²) in [4.78, 5) is 0. The van der Waals surface area contributed by atoms with Crippen LogP contribution in [0, 0.1) is 12.7 Å². The Balaban J connectivity index is 2.42. The number of nitrogens with one attached hydrogen (secondary N) is 1. The van der Waals surface area contributed by atoms with E-state index in [1.165, 1.54) is 6.07 Å². The average Bonchev–Trinajstić information content (AvgIpc) is 2.46. The van der Waals surface area contributed by atoms with Gasteiger partial charge in [-0.2, -0.15) is 0 Å². The van der Waals surface area contributed by atoms with Gasteiger partial charge in [-0.3, -0.25) is 0 Å². The zero-order chi connectivity index (χ0) is 15.4. The van der Waals surface area contributed by atoms with Crippen molar-refractivity contribution >= 4 is 15.9 Å². The predicted octanol–water partition coefficient (Wildman–Crippen LogP) is 4.60. The van der Waals surface area contributed by atoms with Gasteiger partial charge in [0.25, 0.3) is 0 Å². The molecule has 0 bridgehead atoms. The van der Waals surface area contributed by atoms with Crippen molar-refractivity contribution in [3.05, 3.63) is 63.4 Å². The average molecular weight is 352 g/mol. The summed E-state index contributed by atoms with van der Waals surface area (Å²) in [6.45, 7) is 4.52. The predicted molar refractivity (Wildman–Crippen MR) is 87.4 cm³/mol. The number of hydrogen-bond donors (Lipinski definition) is 1. The summed E-state index contributed by atoms with van der Waals surface area (Å²) in [5.74, 6) is 0.589. The molecule has 2 nitrogen and oxygen atoms in total. The minimum absolute atomic E-state index is 0.197. The number of ether oxygens (including phenoxy) is 1. The second-order valence-corrected chi connectivity index (χ2v) is 5.72. The number of benzene rings is 2. The van der Waals surface area contributed by atoms with Gasteiger partial charge in [0.1, 0.15) is 11.6 Å². The van der Waals surface area contributed by atoms with Crippen molar-refractivity contribution in [3.8, 4) is 5.75 Å². The molecule has 112 valence electrons. The fraction of sp³-hybridized carbons (Fsp3) is 0.294. The van der Waals surface area contributed by atoms with Crippen LogP contribution in [0.2, 0.25) is 0 Å². The highest BCUT2D eigenvalue weighted by Crippen LogP contribution is 2.31. The molecule has 0 aliphatic heterocycles. The Labute approximate surface area is 133 Å². The summed E-state index contributed by atoms with van der Waals surface area (Å²) in [5.41, 5.74) is 2.67. The van der Waals surface area contributed by atoms with Crippen LogP contribution in [-0.2, 0) is 0 Å². The molecule has 0 fully saturated rings. The van der Waals surface area contributed by atoms with Crippen molar-refractivity contribution in [2.24, 2.45) is 0 Å². The van der Waals surface area contributed by atoms with Gasteiger partial charge in [0.15, 0.2) is 0 Å². The van der Waals surface area contributed by atoms with Gasteiger partial charge in [0.05, 0.1) is 17.1 Å². The molecule has 0 radical (unpaired) electrons. The molecule has 1 N–H and O–H groups in total. The fourth-order valence-corrected chi connectivity index (χ4v) is 2.87. The lowest BCUT2D eigenvalue weighted by molar-refractivity contribution is 0.338. The lowest BCUT2D eigenvalue weighted by Crippen LogP contribution is -2.19. The van der Waals surface area contributed by atoms with Crippen LogP contribution >= 0.6 is 15.9 Å². The molecule has 1 unspecified atom stereocenters. The van der Waals surface area contributed by atoms with Crippen LogP contribution in [0.4, 0.5) is 4.39 Å². The monoisotopic (exact) mass is 351 g/mol. The van der Waals surface area contributed by atoms with Crippen LogP contribution in [0.15, 0.2) is 40.9 Å². The summed E-state index contributed by atoms with van der Waals surface area (Å²) < 4.78 is 20.5.